The molecule has 2 rings (SSSR count). The lowest BCUT2D eigenvalue weighted by molar-refractivity contribution is -0.183. The maximum Gasteiger partial charge on any atom is 0.408 e. The van der Waals surface area contributed by atoms with Gasteiger partial charge in [0.25, 0.3) is 0 Å². The Morgan fingerprint density at radius 3 is 1.90 bits per heavy atom. The molecule has 0 aromatic rings. The monoisotopic (exact) mass is 299 g/mol. The molecule has 21 heavy (non-hydrogen) atoms. The number of rotatable bonds is 2. The van der Waals surface area contributed by atoms with E-state index in [1.165, 1.54) is 0 Å². The fourth-order valence-corrected chi connectivity index (χ4v) is 3.69. The molecule has 1 saturated heterocycles. The minimum Gasteiger partial charge on any atom is -0.481 e. The van der Waals surface area contributed by atoms with Crippen molar-refractivity contribution in [1.82, 2.24) is 4.90 Å². The van der Waals surface area contributed by atoms with E-state index >= 15 is 0 Å². The normalized spacial score (nSPS) is 31.0. The van der Waals surface area contributed by atoms with Crippen LogP contribution in [0.15, 0.2) is 0 Å². The van der Waals surface area contributed by atoms with Crippen molar-refractivity contribution in [3.63, 3.8) is 0 Å². The second-order valence-corrected chi connectivity index (χ2v) is 7.35. The Morgan fingerprint density at radius 2 is 1.62 bits per heavy atom. The van der Waals surface area contributed by atoms with Gasteiger partial charge in [0.2, 0.25) is 0 Å². The zero-order valence-corrected chi connectivity index (χ0v) is 12.4. The minimum absolute atomic E-state index is 0.102. The van der Waals surface area contributed by atoms with Crippen LogP contribution in [0.1, 0.15) is 40.0 Å². The maximum atomic E-state index is 12.0. The summed E-state index contributed by atoms with van der Waals surface area (Å²) in [5.74, 6) is -2.63. The van der Waals surface area contributed by atoms with Crippen LogP contribution in [0.5, 0.6) is 0 Å². The zero-order chi connectivity index (χ0) is 16.2. The Bertz CT molecular complexity index is 504. The lowest BCUT2D eigenvalue weighted by Gasteiger charge is -2.53. The van der Waals surface area contributed by atoms with E-state index in [4.69, 9.17) is 0 Å². The van der Waals surface area contributed by atoms with Gasteiger partial charge in [0.15, 0.2) is 0 Å². The zero-order valence-electron chi connectivity index (χ0n) is 12.4. The van der Waals surface area contributed by atoms with Crippen molar-refractivity contribution >= 4 is 18.0 Å². The summed E-state index contributed by atoms with van der Waals surface area (Å²) < 4.78 is 0. The van der Waals surface area contributed by atoms with Crippen molar-refractivity contribution in [3.8, 4) is 0 Å². The molecule has 1 saturated carbocycles. The highest BCUT2D eigenvalue weighted by atomic mass is 16.4. The van der Waals surface area contributed by atoms with E-state index in [9.17, 15) is 29.7 Å². The average molecular weight is 299 g/mol. The van der Waals surface area contributed by atoms with Crippen molar-refractivity contribution in [2.75, 3.05) is 6.54 Å². The van der Waals surface area contributed by atoms with Gasteiger partial charge < -0.3 is 15.3 Å². The number of carboxylic acids is 2. The molecule has 3 N–H and O–H groups in total. The number of carbonyl (C=O) groups is 3. The summed E-state index contributed by atoms with van der Waals surface area (Å²) in [6, 6.07) is -1.57. The van der Waals surface area contributed by atoms with Gasteiger partial charge in [-0.1, -0.05) is 20.8 Å². The molecule has 1 aliphatic carbocycles. The Labute approximate surface area is 122 Å². The van der Waals surface area contributed by atoms with Gasteiger partial charge >= 0.3 is 18.0 Å². The summed E-state index contributed by atoms with van der Waals surface area (Å²) in [6.45, 7) is 5.10. The summed E-state index contributed by atoms with van der Waals surface area (Å²) in [4.78, 5) is 36.0. The third-order valence-corrected chi connectivity index (χ3v) is 5.09. The number of piperidine rings is 1. The number of amides is 1. The molecule has 2 fully saturated rings. The van der Waals surface area contributed by atoms with Crippen molar-refractivity contribution in [2.45, 2.75) is 46.1 Å². The van der Waals surface area contributed by atoms with Gasteiger partial charge in [0, 0.05) is 6.54 Å². The molecule has 1 heterocycles. The number of aliphatic carboxylic acids is 2. The molecular formula is C14H21NO6. The molecule has 0 aromatic carbocycles. The van der Waals surface area contributed by atoms with Gasteiger partial charge in [-0.2, -0.15) is 0 Å². The van der Waals surface area contributed by atoms with E-state index < -0.39 is 34.9 Å². The predicted molar refractivity (Wildman–Crippen MR) is 72.0 cm³/mol. The van der Waals surface area contributed by atoms with E-state index in [-0.39, 0.29) is 18.4 Å². The summed E-state index contributed by atoms with van der Waals surface area (Å²) in [6.07, 6.45) is 0.324. The van der Waals surface area contributed by atoms with Crippen LogP contribution < -0.4 is 0 Å². The second kappa shape index (κ2) is 4.35. The summed E-state index contributed by atoms with van der Waals surface area (Å²) in [5.41, 5.74) is -2.90. The van der Waals surface area contributed by atoms with E-state index in [2.05, 4.69) is 0 Å². The minimum atomic E-state index is -1.63. The van der Waals surface area contributed by atoms with Crippen molar-refractivity contribution in [3.05, 3.63) is 0 Å². The van der Waals surface area contributed by atoms with Crippen LogP contribution in [0, 0.1) is 16.2 Å². The molecule has 0 bridgehead atoms. The largest absolute Gasteiger partial charge is 0.481 e. The third-order valence-electron chi connectivity index (χ3n) is 5.09. The topological polar surface area (TPSA) is 115 Å². The smallest absolute Gasteiger partial charge is 0.408 e. The van der Waals surface area contributed by atoms with Crippen molar-refractivity contribution in [2.24, 2.45) is 16.2 Å². The van der Waals surface area contributed by atoms with Gasteiger partial charge in [-0.3, -0.25) is 9.69 Å². The molecule has 7 heteroatoms. The first-order chi connectivity index (χ1) is 9.47. The first-order valence-corrected chi connectivity index (χ1v) is 6.93. The molecule has 0 unspecified atom stereocenters. The highest BCUT2D eigenvalue weighted by molar-refractivity contribution is 5.90. The van der Waals surface area contributed by atoms with Crippen LogP contribution in [0.25, 0.3) is 0 Å². The Balaban J connectivity index is 2.64. The highest BCUT2D eigenvalue weighted by Gasteiger charge is 2.68. The van der Waals surface area contributed by atoms with Crippen molar-refractivity contribution < 1.29 is 29.7 Å². The van der Waals surface area contributed by atoms with Crippen LogP contribution in [0.3, 0.4) is 0 Å². The van der Waals surface area contributed by atoms with Gasteiger partial charge in [-0.15, -0.1) is 0 Å². The number of hydrogen-bond acceptors (Lipinski definition) is 3. The quantitative estimate of drug-likeness (QED) is 0.715. The average Bonchev–Trinajstić information content (AvgIpc) is 3.04. The molecule has 2 aliphatic rings. The molecule has 2 atom stereocenters. The molecule has 118 valence electrons. The van der Waals surface area contributed by atoms with Crippen LogP contribution in [-0.4, -0.2) is 50.8 Å². The SMILES string of the molecule is CC(C)(C)[C@]1(C(=O)O)CC2(CC2)CN(C(=O)O)[C@@H]1C(=O)O. The van der Waals surface area contributed by atoms with Gasteiger partial charge in [0.1, 0.15) is 11.5 Å². The van der Waals surface area contributed by atoms with Crippen molar-refractivity contribution in [1.29, 1.82) is 0 Å². The fraction of sp³-hybridized carbons (Fsp3) is 0.786. The lowest BCUT2D eigenvalue weighted by atomic mass is 9.55. The van der Waals surface area contributed by atoms with E-state index in [1.54, 1.807) is 20.8 Å². The van der Waals surface area contributed by atoms with Gasteiger partial charge in [-0.25, -0.2) is 9.59 Å². The van der Waals surface area contributed by atoms with E-state index in [1.807, 2.05) is 0 Å². The molecule has 0 aromatic heterocycles. The van der Waals surface area contributed by atoms with Crippen LogP contribution in [-0.2, 0) is 9.59 Å². The molecule has 1 aliphatic heterocycles. The predicted octanol–water partition coefficient (Wildman–Crippen LogP) is 1.72. The second-order valence-electron chi connectivity index (χ2n) is 7.35. The number of nitrogens with zero attached hydrogens (tertiary/aromatic N) is 1. The molecular weight excluding hydrogens is 278 g/mol. The Hall–Kier alpha value is -1.79. The first-order valence-electron chi connectivity index (χ1n) is 6.93. The Morgan fingerprint density at radius 1 is 1.10 bits per heavy atom. The van der Waals surface area contributed by atoms with Gasteiger partial charge in [-0.05, 0) is 30.1 Å². The lowest BCUT2D eigenvalue weighted by Crippen LogP contribution is -2.67. The fourth-order valence-electron chi connectivity index (χ4n) is 3.69. The molecule has 1 amide bonds. The number of carboxylic acid groups (broad SMARTS) is 3. The Kier molecular flexibility index (Phi) is 3.23. The molecule has 0 radical (unpaired) electrons. The first kappa shape index (κ1) is 15.6. The third kappa shape index (κ3) is 2.15. The van der Waals surface area contributed by atoms with Gasteiger partial charge in [0.05, 0.1) is 0 Å². The number of likely N-dealkylation sites (tertiary alicyclic amines) is 1. The standard InChI is InChI=1S/C14H21NO6/c1-12(2,3)14(10(18)19)6-13(4-5-13)7-15(11(20)21)8(14)9(16)17/h8H,4-7H2,1-3H3,(H,16,17)(H,18,19)(H,20,21)/t8-,14-/m1/s1. The summed E-state index contributed by atoms with van der Waals surface area (Å²) in [5, 5.41) is 28.7. The van der Waals surface area contributed by atoms with Crippen LogP contribution >= 0.6 is 0 Å². The van der Waals surface area contributed by atoms with E-state index in [0.29, 0.717) is 0 Å². The molecule has 7 nitrogen and oxygen atoms in total. The molecule has 1 spiro atoms. The van der Waals surface area contributed by atoms with Crippen LogP contribution in [0.4, 0.5) is 4.79 Å². The number of hydrogen-bond donors (Lipinski definition) is 3. The summed E-state index contributed by atoms with van der Waals surface area (Å²) >= 11 is 0. The highest BCUT2D eigenvalue weighted by Crippen LogP contribution is 2.63. The van der Waals surface area contributed by atoms with E-state index in [0.717, 1.165) is 17.7 Å². The van der Waals surface area contributed by atoms with Crippen LogP contribution in [0.2, 0.25) is 0 Å². The maximum absolute atomic E-state index is 12.0. The summed E-state index contributed by atoms with van der Waals surface area (Å²) in [7, 11) is 0.